The molecule has 2 nitrogen and oxygen atoms in total. The predicted octanol–water partition coefficient (Wildman–Crippen LogP) is 2.43. The number of hydrogen-bond donors (Lipinski definition) is 1. The van der Waals surface area contributed by atoms with Gasteiger partial charge in [0.2, 0.25) is 0 Å². The number of carbonyl (C=O) groups excluding carboxylic acids is 1. The smallest absolute Gasteiger partial charge is 0.161 e. The maximum Gasteiger partial charge on any atom is 0.161 e. The van der Waals surface area contributed by atoms with Crippen molar-refractivity contribution in [3.8, 4) is 0 Å². The molecule has 0 aromatic carbocycles. The summed E-state index contributed by atoms with van der Waals surface area (Å²) >= 11 is 0. The van der Waals surface area contributed by atoms with E-state index in [0.29, 0.717) is 18.2 Å². The van der Waals surface area contributed by atoms with E-state index in [0.717, 1.165) is 31.3 Å². The van der Waals surface area contributed by atoms with Crippen LogP contribution in [0, 0.1) is 11.8 Å². The van der Waals surface area contributed by atoms with E-state index in [-0.39, 0.29) is 5.92 Å². The Morgan fingerprint density at radius 3 is 2.87 bits per heavy atom. The minimum atomic E-state index is 0.249. The summed E-state index contributed by atoms with van der Waals surface area (Å²) in [4.78, 5) is 12.2. The van der Waals surface area contributed by atoms with Crippen molar-refractivity contribution >= 4 is 5.78 Å². The standard InChI is InChI=1S/C13H21NO/c14-9-11-7-4-8-12(11)13(15)10-5-2-1-3-6-10/h5,11-12H,1-4,6-9,14H2/t11-,12-/m0/s1. The fraction of sp³-hybridized carbons (Fsp3) is 0.769. The van der Waals surface area contributed by atoms with E-state index in [1.807, 2.05) is 0 Å². The normalized spacial score (nSPS) is 31.4. The van der Waals surface area contributed by atoms with Crippen molar-refractivity contribution in [2.75, 3.05) is 6.54 Å². The molecule has 0 aromatic heterocycles. The Morgan fingerprint density at radius 2 is 2.20 bits per heavy atom. The summed E-state index contributed by atoms with van der Waals surface area (Å²) in [5.74, 6) is 1.13. The van der Waals surface area contributed by atoms with Gasteiger partial charge < -0.3 is 5.73 Å². The molecule has 0 aromatic rings. The van der Waals surface area contributed by atoms with Crippen molar-refractivity contribution in [1.29, 1.82) is 0 Å². The summed E-state index contributed by atoms with van der Waals surface area (Å²) < 4.78 is 0. The van der Waals surface area contributed by atoms with Gasteiger partial charge in [-0.15, -0.1) is 0 Å². The lowest BCUT2D eigenvalue weighted by Gasteiger charge is -2.20. The third-order valence-corrected chi connectivity index (χ3v) is 3.91. The molecule has 0 aliphatic heterocycles. The number of nitrogens with two attached hydrogens (primary N) is 1. The molecule has 2 atom stereocenters. The average molecular weight is 207 g/mol. The van der Waals surface area contributed by atoms with Crippen LogP contribution in [0.5, 0.6) is 0 Å². The fourth-order valence-electron chi connectivity index (χ4n) is 2.96. The summed E-state index contributed by atoms with van der Waals surface area (Å²) in [6.07, 6.45) is 10.1. The summed E-state index contributed by atoms with van der Waals surface area (Å²) in [6, 6.07) is 0. The second-order valence-corrected chi connectivity index (χ2v) is 4.87. The largest absolute Gasteiger partial charge is 0.330 e. The quantitative estimate of drug-likeness (QED) is 0.772. The van der Waals surface area contributed by atoms with Gasteiger partial charge in [-0.2, -0.15) is 0 Å². The van der Waals surface area contributed by atoms with E-state index in [1.54, 1.807) is 0 Å². The lowest BCUT2D eigenvalue weighted by atomic mass is 9.84. The molecule has 84 valence electrons. The van der Waals surface area contributed by atoms with Crippen molar-refractivity contribution in [3.63, 3.8) is 0 Å². The molecular formula is C13H21NO. The minimum absolute atomic E-state index is 0.249. The van der Waals surface area contributed by atoms with E-state index in [2.05, 4.69) is 6.08 Å². The topological polar surface area (TPSA) is 43.1 Å². The Balaban J connectivity index is 2.03. The van der Waals surface area contributed by atoms with Crippen molar-refractivity contribution in [3.05, 3.63) is 11.6 Å². The summed E-state index contributed by atoms with van der Waals surface area (Å²) in [6.45, 7) is 0.684. The zero-order valence-corrected chi connectivity index (χ0v) is 9.37. The molecule has 2 aliphatic rings. The van der Waals surface area contributed by atoms with Gasteiger partial charge in [0.25, 0.3) is 0 Å². The van der Waals surface area contributed by atoms with E-state index in [4.69, 9.17) is 5.73 Å². The molecule has 0 saturated heterocycles. The zero-order valence-electron chi connectivity index (χ0n) is 9.37. The van der Waals surface area contributed by atoms with E-state index in [9.17, 15) is 4.79 Å². The fourth-order valence-corrected chi connectivity index (χ4v) is 2.96. The molecule has 2 rings (SSSR count). The SMILES string of the molecule is NC[C@@H]1CCC[C@@H]1C(=O)C1=CCCCC1. The summed E-state index contributed by atoms with van der Waals surface area (Å²) in [7, 11) is 0. The first-order valence-electron chi connectivity index (χ1n) is 6.26. The van der Waals surface area contributed by atoms with Gasteiger partial charge in [-0.3, -0.25) is 4.79 Å². The second-order valence-electron chi connectivity index (χ2n) is 4.87. The third kappa shape index (κ3) is 2.31. The molecule has 2 N–H and O–H groups in total. The van der Waals surface area contributed by atoms with Gasteiger partial charge in [0.15, 0.2) is 5.78 Å². The predicted molar refractivity (Wildman–Crippen MR) is 61.4 cm³/mol. The van der Waals surface area contributed by atoms with Crippen LogP contribution < -0.4 is 5.73 Å². The highest BCUT2D eigenvalue weighted by Gasteiger charge is 2.33. The molecule has 15 heavy (non-hydrogen) atoms. The average Bonchev–Trinajstić information content (AvgIpc) is 2.77. The van der Waals surface area contributed by atoms with Crippen LogP contribution in [0.15, 0.2) is 11.6 Å². The Kier molecular flexibility index (Phi) is 3.57. The van der Waals surface area contributed by atoms with Crippen molar-refractivity contribution < 1.29 is 4.79 Å². The van der Waals surface area contributed by atoms with Crippen LogP contribution in [0.25, 0.3) is 0 Å². The molecule has 0 radical (unpaired) electrons. The highest BCUT2D eigenvalue weighted by molar-refractivity contribution is 5.97. The molecule has 0 amide bonds. The Labute approximate surface area is 91.9 Å². The Hall–Kier alpha value is -0.630. The first-order valence-corrected chi connectivity index (χ1v) is 6.26. The Bertz CT molecular complexity index is 270. The Morgan fingerprint density at radius 1 is 1.33 bits per heavy atom. The molecule has 0 spiro atoms. The van der Waals surface area contributed by atoms with Crippen molar-refractivity contribution in [1.82, 2.24) is 0 Å². The third-order valence-electron chi connectivity index (χ3n) is 3.91. The zero-order chi connectivity index (χ0) is 10.7. The number of rotatable bonds is 3. The van der Waals surface area contributed by atoms with Gasteiger partial charge in [-0.25, -0.2) is 0 Å². The van der Waals surface area contributed by atoms with Gasteiger partial charge in [0.1, 0.15) is 0 Å². The monoisotopic (exact) mass is 207 g/mol. The number of hydrogen-bond acceptors (Lipinski definition) is 2. The number of Topliss-reactive ketones (excluding diaryl/α,β-unsaturated/α-hetero) is 1. The molecule has 2 heteroatoms. The van der Waals surface area contributed by atoms with Gasteiger partial charge in [-0.05, 0) is 56.6 Å². The number of carbonyl (C=O) groups is 1. The molecule has 1 saturated carbocycles. The van der Waals surface area contributed by atoms with Crippen LogP contribution in [0.1, 0.15) is 44.9 Å². The number of ketones is 1. The van der Waals surface area contributed by atoms with Gasteiger partial charge in [0, 0.05) is 5.92 Å². The van der Waals surface area contributed by atoms with Crippen LogP contribution in [0.2, 0.25) is 0 Å². The van der Waals surface area contributed by atoms with Crippen molar-refractivity contribution in [2.45, 2.75) is 44.9 Å². The molecule has 0 bridgehead atoms. The summed E-state index contributed by atoms with van der Waals surface area (Å²) in [5, 5.41) is 0. The van der Waals surface area contributed by atoms with Crippen LogP contribution >= 0.6 is 0 Å². The van der Waals surface area contributed by atoms with Gasteiger partial charge >= 0.3 is 0 Å². The van der Waals surface area contributed by atoms with Crippen LogP contribution in [0.4, 0.5) is 0 Å². The van der Waals surface area contributed by atoms with Gasteiger partial charge in [0.05, 0.1) is 0 Å². The maximum atomic E-state index is 12.2. The lowest BCUT2D eigenvalue weighted by Crippen LogP contribution is -2.26. The van der Waals surface area contributed by atoms with Crippen LogP contribution in [-0.2, 0) is 4.79 Å². The highest BCUT2D eigenvalue weighted by Crippen LogP contribution is 2.35. The number of allylic oxidation sites excluding steroid dienone is 2. The first kappa shape index (κ1) is 10.9. The van der Waals surface area contributed by atoms with E-state index < -0.39 is 0 Å². The molecule has 0 heterocycles. The molecule has 0 unspecified atom stereocenters. The first-order chi connectivity index (χ1) is 7.33. The van der Waals surface area contributed by atoms with Gasteiger partial charge in [-0.1, -0.05) is 12.5 Å². The minimum Gasteiger partial charge on any atom is -0.330 e. The summed E-state index contributed by atoms with van der Waals surface area (Å²) in [5.41, 5.74) is 6.82. The molecule has 2 aliphatic carbocycles. The van der Waals surface area contributed by atoms with Crippen LogP contribution in [0.3, 0.4) is 0 Å². The van der Waals surface area contributed by atoms with E-state index >= 15 is 0 Å². The van der Waals surface area contributed by atoms with Crippen molar-refractivity contribution in [2.24, 2.45) is 17.6 Å². The lowest BCUT2D eigenvalue weighted by molar-refractivity contribution is -0.120. The second kappa shape index (κ2) is 4.93. The maximum absolute atomic E-state index is 12.2. The van der Waals surface area contributed by atoms with E-state index in [1.165, 1.54) is 19.3 Å². The molecule has 1 fully saturated rings. The van der Waals surface area contributed by atoms with Crippen LogP contribution in [-0.4, -0.2) is 12.3 Å². The highest BCUT2D eigenvalue weighted by atomic mass is 16.1. The molecular weight excluding hydrogens is 186 g/mol.